The molecule has 0 rings (SSSR count). The van der Waals surface area contributed by atoms with Gasteiger partial charge < -0.3 is 9.47 Å². The largest absolute Gasteiger partial charge is 0.461 e. The van der Waals surface area contributed by atoms with Crippen molar-refractivity contribution >= 4 is 12.1 Å². The van der Waals surface area contributed by atoms with Crippen molar-refractivity contribution in [3.05, 3.63) is 11.8 Å². The lowest BCUT2D eigenvalue weighted by molar-refractivity contribution is -0.138. The molecule has 0 aromatic carbocycles. The first-order chi connectivity index (χ1) is 6.65. The summed E-state index contributed by atoms with van der Waals surface area (Å²) in [5, 5.41) is 2.28. The number of hydrogen-bond donors (Lipinski definition) is 1. The fraction of sp³-hybridized carbons (Fsp3) is 0.556. The van der Waals surface area contributed by atoms with Gasteiger partial charge >= 0.3 is 12.1 Å². The maximum absolute atomic E-state index is 11.2. The average Bonchev–Trinajstić information content (AvgIpc) is 2.15. The fourth-order valence-corrected chi connectivity index (χ4v) is 0.727. The van der Waals surface area contributed by atoms with E-state index in [-0.39, 0.29) is 18.9 Å². The Kier molecular flexibility index (Phi) is 6.19. The first kappa shape index (κ1) is 12.5. The lowest BCUT2D eigenvalue weighted by atomic mass is 10.4. The van der Waals surface area contributed by atoms with E-state index in [0.29, 0.717) is 0 Å². The van der Waals surface area contributed by atoms with E-state index >= 15 is 0 Å². The van der Waals surface area contributed by atoms with Gasteiger partial charge in [0.2, 0.25) is 0 Å². The second-order valence-corrected chi connectivity index (χ2v) is 2.27. The van der Waals surface area contributed by atoms with Gasteiger partial charge in [-0.25, -0.2) is 9.59 Å². The van der Waals surface area contributed by atoms with E-state index < -0.39 is 12.1 Å². The highest BCUT2D eigenvalue weighted by Crippen LogP contribution is 1.94. The van der Waals surface area contributed by atoms with Gasteiger partial charge in [0.25, 0.3) is 0 Å². The van der Waals surface area contributed by atoms with Gasteiger partial charge in [0.05, 0.1) is 13.2 Å². The van der Waals surface area contributed by atoms with Gasteiger partial charge in [-0.2, -0.15) is 0 Å². The molecule has 1 N–H and O–H groups in total. The van der Waals surface area contributed by atoms with Crippen molar-refractivity contribution in [1.29, 1.82) is 0 Å². The molecule has 0 saturated heterocycles. The fourth-order valence-electron chi connectivity index (χ4n) is 0.727. The third-order valence-corrected chi connectivity index (χ3v) is 1.30. The van der Waals surface area contributed by atoms with E-state index in [2.05, 4.69) is 10.1 Å². The zero-order valence-electron chi connectivity index (χ0n) is 8.62. The smallest absolute Gasteiger partial charge is 0.411 e. The summed E-state index contributed by atoms with van der Waals surface area (Å²) >= 11 is 0. The number of nitrogens with one attached hydrogen (secondary N) is 1. The molecule has 0 fully saturated rings. The van der Waals surface area contributed by atoms with Crippen LogP contribution < -0.4 is 5.32 Å². The predicted octanol–water partition coefficient (Wildman–Crippen LogP) is 1.20. The molecule has 0 unspecified atom stereocenters. The summed E-state index contributed by atoms with van der Waals surface area (Å²) in [5.74, 6) is -0.567. The molecule has 80 valence electrons. The molecular formula is C9H15NO4. The monoisotopic (exact) mass is 201 g/mol. The maximum atomic E-state index is 11.2. The number of esters is 1. The Morgan fingerprint density at radius 1 is 1.21 bits per heavy atom. The van der Waals surface area contributed by atoms with Crippen molar-refractivity contribution in [1.82, 2.24) is 5.32 Å². The number of carbonyl (C=O) groups is 2. The number of allylic oxidation sites excluding steroid dienone is 1. The van der Waals surface area contributed by atoms with Gasteiger partial charge in [-0.05, 0) is 20.8 Å². The topological polar surface area (TPSA) is 64.6 Å². The van der Waals surface area contributed by atoms with Crippen LogP contribution in [0.5, 0.6) is 0 Å². The van der Waals surface area contributed by atoms with Gasteiger partial charge in [-0.1, -0.05) is 6.08 Å². The van der Waals surface area contributed by atoms with Crippen molar-refractivity contribution in [2.24, 2.45) is 0 Å². The number of rotatable bonds is 4. The van der Waals surface area contributed by atoms with Crippen LogP contribution in [0.2, 0.25) is 0 Å². The number of carbonyl (C=O) groups excluding carboxylic acids is 2. The van der Waals surface area contributed by atoms with Gasteiger partial charge in [0.15, 0.2) is 0 Å². The highest BCUT2D eigenvalue weighted by Gasteiger charge is 2.12. The van der Waals surface area contributed by atoms with Crippen LogP contribution in [0.25, 0.3) is 0 Å². The molecule has 0 saturated carbocycles. The zero-order chi connectivity index (χ0) is 11.0. The van der Waals surface area contributed by atoms with E-state index in [1.54, 1.807) is 20.8 Å². The molecule has 0 aromatic heterocycles. The minimum Gasteiger partial charge on any atom is -0.461 e. The number of hydrogen-bond acceptors (Lipinski definition) is 4. The van der Waals surface area contributed by atoms with Gasteiger partial charge in [-0.3, -0.25) is 5.32 Å². The van der Waals surface area contributed by atoms with E-state index in [1.165, 1.54) is 6.08 Å². The molecule has 14 heavy (non-hydrogen) atoms. The van der Waals surface area contributed by atoms with Crippen LogP contribution in [0.1, 0.15) is 20.8 Å². The van der Waals surface area contributed by atoms with Crippen LogP contribution in [-0.2, 0) is 14.3 Å². The summed E-state index contributed by atoms with van der Waals surface area (Å²) in [5.41, 5.74) is 0.0882. The normalized spacial score (nSPS) is 10.6. The van der Waals surface area contributed by atoms with E-state index in [1.807, 2.05) is 0 Å². The highest BCUT2D eigenvalue weighted by molar-refractivity contribution is 5.92. The third-order valence-electron chi connectivity index (χ3n) is 1.30. The Balaban J connectivity index is 4.17. The van der Waals surface area contributed by atoms with Crippen molar-refractivity contribution in [3.63, 3.8) is 0 Å². The minimum absolute atomic E-state index is 0.0882. The second-order valence-electron chi connectivity index (χ2n) is 2.27. The molecular weight excluding hydrogens is 186 g/mol. The van der Waals surface area contributed by atoms with E-state index in [4.69, 9.17) is 4.74 Å². The quantitative estimate of drug-likeness (QED) is 0.548. The lowest BCUT2D eigenvalue weighted by Gasteiger charge is -2.07. The Labute approximate surface area is 83.1 Å². The van der Waals surface area contributed by atoms with Crippen molar-refractivity contribution in [2.45, 2.75) is 20.8 Å². The Hall–Kier alpha value is -1.52. The zero-order valence-corrected chi connectivity index (χ0v) is 8.62. The Morgan fingerprint density at radius 3 is 2.21 bits per heavy atom. The molecule has 0 bridgehead atoms. The number of ether oxygens (including phenoxy) is 2. The Morgan fingerprint density at radius 2 is 1.79 bits per heavy atom. The van der Waals surface area contributed by atoms with Crippen LogP contribution >= 0.6 is 0 Å². The first-order valence-electron chi connectivity index (χ1n) is 4.42. The third kappa shape index (κ3) is 4.49. The van der Waals surface area contributed by atoms with Gasteiger partial charge in [0, 0.05) is 0 Å². The summed E-state index contributed by atoms with van der Waals surface area (Å²) in [6.07, 6.45) is 0.795. The second kappa shape index (κ2) is 6.94. The summed E-state index contributed by atoms with van der Waals surface area (Å²) in [4.78, 5) is 22.1. The molecule has 5 heteroatoms. The van der Waals surface area contributed by atoms with E-state index in [9.17, 15) is 9.59 Å². The molecule has 0 aliphatic heterocycles. The number of amides is 1. The van der Waals surface area contributed by atoms with Crippen LogP contribution in [0.15, 0.2) is 11.8 Å². The first-order valence-corrected chi connectivity index (χ1v) is 4.42. The molecule has 0 aromatic rings. The summed E-state index contributed by atoms with van der Waals surface area (Å²) in [7, 11) is 0. The summed E-state index contributed by atoms with van der Waals surface area (Å²) in [6.45, 7) is 5.51. The molecule has 0 aliphatic carbocycles. The molecule has 0 atom stereocenters. The van der Waals surface area contributed by atoms with Crippen molar-refractivity contribution in [2.75, 3.05) is 13.2 Å². The molecule has 0 radical (unpaired) electrons. The van der Waals surface area contributed by atoms with Crippen LogP contribution in [0, 0.1) is 0 Å². The van der Waals surface area contributed by atoms with Crippen molar-refractivity contribution < 1.29 is 19.1 Å². The SMILES string of the molecule is C/C=C(\NC(=O)OCC)C(=O)OCC. The predicted molar refractivity (Wildman–Crippen MR) is 50.5 cm³/mol. The molecule has 0 heterocycles. The van der Waals surface area contributed by atoms with Crippen LogP contribution in [-0.4, -0.2) is 25.3 Å². The minimum atomic E-state index is -0.659. The molecule has 0 aliphatic rings. The molecule has 0 spiro atoms. The molecule has 5 nitrogen and oxygen atoms in total. The summed E-state index contributed by atoms with van der Waals surface area (Å²) in [6, 6.07) is 0. The van der Waals surface area contributed by atoms with Crippen LogP contribution in [0.4, 0.5) is 4.79 Å². The highest BCUT2D eigenvalue weighted by atomic mass is 16.6. The summed E-state index contributed by atoms with van der Waals surface area (Å²) < 4.78 is 9.30. The van der Waals surface area contributed by atoms with Crippen LogP contribution in [0.3, 0.4) is 0 Å². The molecule has 1 amide bonds. The Bertz CT molecular complexity index is 235. The number of alkyl carbamates (subject to hydrolysis) is 1. The van der Waals surface area contributed by atoms with Gasteiger partial charge in [-0.15, -0.1) is 0 Å². The van der Waals surface area contributed by atoms with Crippen molar-refractivity contribution in [3.8, 4) is 0 Å². The van der Waals surface area contributed by atoms with Gasteiger partial charge in [0.1, 0.15) is 5.70 Å². The van der Waals surface area contributed by atoms with E-state index in [0.717, 1.165) is 0 Å². The maximum Gasteiger partial charge on any atom is 0.411 e. The lowest BCUT2D eigenvalue weighted by Crippen LogP contribution is -2.29. The standard InChI is InChI=1S/C9H15NO4/c1-4-7(8(11)13-5-2)10-9(12)14-6-3/h4H,5-6H2,1-3H3,(H,10,12)/b7-4-. The average molecular weight is 201 g/mol.